The number of imidazole rings is 1. The third kappa shape index (κ3) is 5.24. The Labute approximate surface area is 176 Å². The fourth-order valence-corrected chi connectivity index (χ4v) is 3.38. The smallest absolute Gasteiger partial charge is 0.331 e. The van der Waals surface area contributed by atoms with E-state index in [-0.39, 0.29) is 0 Å². The van der Waals surface area contributed by atoms with E-state index in [0.29, 0.717) is 24.1 Å². The molecule has 0 aliphatic rings. The molecule has 5 heteroatoms. The monoisotopic (exact) mass is 399 g/mol. The van der Waals surface area contributed by atoms with Crippen LogP contribution in [0.3, 0.4) is 0 Å². The third-order valence-corrected chi connectivity index (χ3v) is 5.02. The van der Waals surface area contributed by atoms with Crippen LogP contribution in [-0.2, 0) is 24.2 Å². The molecule has 5 nitrogen and oxygen atoms in total. The van der Waals surface area contributed by atoms with Gasteiger partial charge in [0.25, 0.3) is 0 Å². The van der Waals surface area contributed by atoms with Crippen LogP contribution < -0.4 is 0 Å². The van der Waals surface area contributed by atoms with Crippen molar-refractivity contribution in [3.8, 4) is 6.07 Å². The van der Waals surface area contributed by atoms with Gasteiger partial charge in [-0.1, -0.05) is 61.9 Å². The molecule has 3 rings (SSSR count). The Bertz CT molecular complexity index is 1080. The highest BCUT2D eigenvalue weighted by atomic mass is 16.4. The summed E-state index contributed by atoms with van der Waals surface area (Å²) in [6, 6.07) is 19.3. The lowest BCUT2D eigenvalue weighted by Gasteiger charge is -2.12. The molecule has 0 bridgehead atoms. The van der Waals surface area contributed by atoms with E-state index in [1.165, 1.54) is 0 Å². The molecule has 0 spiro atoms. The number of hydrogen-bond donors (Lipinski definition) is 1. The quantitative estimate of drug-likeness (QED) is 0.521. The average molecular weight is 399 g/mol. The minimum absolute atomic E-state index is 0.304. The molecule has 30 heavy (non-hydrogen) atoms. The van der Waals surface area contributed by atoms with Crippen LogP contribution in [0.4, 0.5) is 0 Å². The summed E-state index contributed by atoms with van der Waals surface area (Å²) in [6.45, 7) is 2.61. The van der Waals surface area contributed by atoms with Crippen LogP contribution in [-0.4, -0.2) is 20.6 Å². The van der Waals surface area contributed by atoms with Crippen LogP contribution in [0.1, 0.15) is 48.0 Å². The number of hydrogen-bond acceptors (Lipinski definition) is 3. The molecule has 0 aliphatic carbocycles. The molecule has 1 heterocycles. The van der Waals surface area contributed by atoms with Gasteiger partial charge in [0.15, 0.2) is 0 Å². The maximum absolute atomic E-state index is 11.9. The number of aliphatic carboxylic acids is 1. The van der Waals surface area contributed by atoms with Gasteiger partial charge < -0.3 is 9.67 Å². The van der Waals surface area contributed by atoms with Crippen LogP contribution >= 0.6 is 0 Å². The highest BCUT2D eigenvalue weighted by Crippen LogP contribution is 2.19. The van der Waals surface area contributed by atoms with Crippen molar-refractivity contribution in [3.05, 3.63) is 94.6 Å². The first-order chi connectivity index (χ1) is 14.6. The summed E-state index contributed by atoms with van der Waals surface area (Å²) < 4.78 is 2.03. The molecule has 0 radical (unpaired) electrons. The van der Waals surface area contributed by atoms with Gasteiger partial charge in [-0.2, -0.15) is 5.26 Å². The number of carbonyl (C=O) groups is 1. The van der Waals surface area contributed by atoms with Crippen LogP contribution in [0.2, 0.25) is 0 Å². The van der Waals surface area contributed by atoms with Crippen molar-refractivity contribution >= 4 is 12.0 Å². The number of nitriles is 1. The highest BCUT2D eigenvalue weighted by molar-refractivity contribution is 5.92. The summed E-state index contributed by atoms with van der Waals surface area (Å²) in [6.07, 6.45) is 6.61. The Kier molecular flexibility index (Phi) is 7.18. The van der Waals surface area contributed by atoms with E-state index < -0.39 is 5.97 Å². The molecule has 1 N–H and O–H groups in total. The van der Waals surface area contributed by atoms with Crippen LogP contribution in [0.25, 0.3) is 6.08 Å². The highest BCUT2D eigenvalue weighted by Gasteiger charge is 2.14. The lowest BCUT2D eigenvalue weighted by molar-refractivity contribution is -0.132. The zero-order chi connectivity index (χ0) is 21.3. The second kappa shape index (κ2) is 10.2. The van der Waals surface area contributed by atoms with E-state index in [9.17, 15) is 15.2 Å². The van der Waals surface area contributed by atoms with Gasteiger partial charge in [-0.3, -0.25) is 0 Å². The lowest BCUT2D eigenvalue weighted by atomic mass is 10.0. The van der Waals surface area contributed by atoms with Gasteiger partial charge in [-0.15, -0.1) is 0 Å². The number of aromatic nitrogens is 2. The number of aryl methyl sites for hydroxylation is 1. The van der Waals surface area contributed by atoms with Gasteiger partial charge >= 0.3 is 5.97 Å². The second-order valence-electron chi connectivity index (χ2n) is 7.20. The minimum Gasteiger partial charge on any atom is -0.478 e. The Morgan fingerprint density at radius 2 is 1.90 bits per heavy atom. The number of rotatable bonds is 9. The van der Waals surface area contributed by atoms with Crippen LogP contribution in [0, 0.1) is 11.3 Å². The predicted octanol–water partition coefficient (Wildman–Crippen LogP) is 4.86. The fraction of sp³-hybridized carbons (Fsp3) is 0.240. The van der Waals surface area contributed by atoms with Gasteiger partial charge in [0.05, 0.1) is 30.1 Å². The number of unbranched alkanes of at least 4 members (excludes halogenated alkanes) is 1. The van der Waals surface area contributed by atoms with Gasteiger partial charge in [-0.05, 0) is 29.7 Å². The number of carboxylic acids is 1. The molecule has 152 valence electrons. The van der Waals surface area contributed by atoms with E-state index in [2.05, 4.69) is 18.0 Å². The zero-order valence-electron chi connectivity index (χ0n) is 17.1. The van der Waals surface area contributed by atoms with Gasteiger partial charge in [-0.25, -0.2) is 9.78 Å². The maximum atomic E-state index is 11.9. The Hall–Kier alpha value is -3.65. The molecular formula is C25H25N3O2. The summed E-state index contributed by atoms with van der Waals surface area (Å²) >= 11 is 0. The second-order valence-corrected chi connectivity index (χ2v) is 7.20. The number of benzene rings is 2. The van der Waals surface area contributed by atoms with E-state index >= 15 is 0 Å². The summed E-state index contributed by atoms with van der Waals surface area (Å²) in [4.78, 5) is 16.5. The molecule has 0 fully saturated rings. The van der Waals surface area contributed by atoms with Gasteiger partial charge in [0.1, 0.15) is 5.82 Å². The summed E-state index contributed by atoms with van der Waals surface area (Å²) in [5.41, 5.74) is 3.49. The van der Waals surface area contributed by atoms with Crippen molar-refractivity contribution in [2.24, 2.45) is 0 Å². The summed E-state index contributed by atoms with van der Waals surface area (Å²) in [5, 5.41) is 19.2. The predicted molar refractivity (Wildman–Crippen MR) is 117 cm³/mol. The molecule has 1 aromatic heterocycles. The normalized spacial score (nSPS) is 11.3. The molecule has 3 aromatic rings. The van der Waals surface area contributed by atoms with Crippen molar-refractivity contribution in [1.29, 1.82) is 5.26 Å². The minimum atomic E-state index is -0.945. The molecule has 2 aromatic carbocycles. The first-order valence-corrected chi connectivity index (χ1v) is 10.1. The Morgan fingerprint density at radius 3 is 2.60 bits per heavy atom. The molecule has 0 amide bonds. The van der Waals surface area contributed by atoms with E-state index in [1.54, 1.807) is 18.3 Å². The zero-order valence-corrected chi connectivity index (χ0v) is 17.1. The lowest BCUT2D eigenvalue weighted by Crippen LogP contribution is -2.10. The van der Waals surface area contributed by atoms with Crippen molar-refractivity contribution in [1.82, 2.24) is 9.55 Å². The Morgan fingerprint density at radius 1 is 1.17 bits per heavy atom. The molecule has 0 unspecified atom stereocenters. The van der Waals surface area contributed by atoms with Crippen molar-refractivity contribution in [2.75, 3.05) is 0 Å². The van der Waals surface area contributed by atoms with Gasteiger partial charge in [0.2, 0.25) is 0 Å². The molecule has 0 aliphatic heterocycles. The van der Waals surface area contributed by atoms with E-state index in [1.807, 2.05) is 53.1 Å². The maximum Gasteiger partial charge on any atom is 0.331 e. The summed E-state index contributed by atoms with van der Waals surface area (Å²) in [5.74, 6) is -0.0422. The van der Waals surface area contributed by atoms with Crippen LogP contribution in [0.5, 0.6) is 0 Å². The van der Waals surface area contributed by atoms with Crippen molar-refractivity contribution < 1.29 is 9.90 Å². The molecule has 0 atom stereocenters. The first-order valence-electron chi connectivity index (χ1n) is 10.1. The first kappa shape index (κ1) is 21.1. The fourth-order valence-electron chi connectivity index (χ4n) is 3.38. The summed E-state index contributed by atoms with van der Waals surface area (Å²) in [7, 11) is 0. The number of carboxylic acid groups (broad SMARTS) is 1. The molecule has 0 saturated carbocycles. The SMILES string of the molecule is CCCCc1ncc(/C=C(\Cc2ccccc2)C(=O)O)n1Cc1ccccc1C#N. The van der Waals surface area contributed by atoms with E-state index in [0.717, 1.165) is 41.9 Å². The van der Waals surface area contributed by atoms with Crippen LogP contribution in [0.15, 0.2) is 66.4 Å². The molecular weight excluding hydrogens is 374 g/mol. The topological polar surface area (TPSA) is 78.9 Å². The van der Waals surface area contributed by atoms with Crippen molar-refractivity contribution in [3.63, 3.8) is 0 Å². The largest absolute Gasteiger partial charge is 0.478 e. The average Bonchev–Trinajstić information content (AvgIpc) is 3.14. The number of nitrogens with zero attached hydrogens (tertiary/aromatic N) is 3. The standard InChI is InChI=1S/C25H25N3O2/c1-2-3-13-24-27-17-23(28(24)18-21-12-8-7-11-20(21)16-26)15-22(25(29)30)14-19-9-5-4-6-10-19/h4-12,15,17H,2-3,13-14,18H2,1H3,(H,29,30)/b22-15+. The molecule has 0 saturated heterocycles. The van der Waals surface area contributed by atoms with Gasteiger partial charge in [0, 0.05) is 18.4 Å². The third-order valence-electron chi connectivity index (χ3n) is 5.02. The van der Waals surface area contributed by atoms with E-state index in [4.69, 9.17) is 0 Å². The Balaban J connectivity index is 2.00. The van der Waals surface area contributed by atoms with Crippen molar-refractivity contribution in [2.45, 2.75) is 39.2 Å².